The highest BCUT2D eigenvalue weighted by Crippen LogP contribution is 2.17. The summed E-state index contributed by atoms with van der Waals surface area (Å²) in [4.78, 5) is 31.0. The van der Waals surface area contributed by atoms with Crippen molar-refractivity contribution in [3.8, 4) is 0 Å². The van der Waals surface area contributed by atoms with Gasteiger partial charge in [0, 0.05) is 42.9 Å². The SMILES string of the molecule is Cc1ccc(NC(=O)c2ccnc(C(=O)Nc3ccc(N(C)C)cc3)c2)cc1. The first-order valence-corrected chi connectivity index (χ1v) is 8.85. The average Bonchev–Trinajstić information content (AvgIpc) is 2.70. The summed E-state index contributed by atoms with van der Waals surface area (Å²) in [6, 6.07) is 18.0. The van der Waals surface area contributed by atoms with Gasteiger partial charge in [-0.3, -0.25) is 14.6 Å². The summed E-state index contributed by atoms with van der Waals surface area (Å²) in [5, 5.41) is 5.61. The number of aryl methyl sites for hydroxylation is 1. The maximum atomic E-state index is 12.5. The number of benzene rings is 2. The summed E-state index contributed by atoms with van der Waals surface area (Å²) in [7, 11) is 3.90. The average molecular weight is 374 g/mol. The third-order valence-electron chi connectivity index (χ3n) is 4.21. The first-order valence-electron chi connectivity index (χ1n) is 8.85. The number of nitrogens with zero attached hydrogens (tertiary/aromatic N) is 2. The van der Waals surface area contributed by atoms with Gasteiger partial charge in [-0.1, -0.05) is 17.7 Å². The van der Waals surface area contributed by atoms with Crippen LogP contribution in [0.2, 0.25) is 0 Å². The molecule has 0 unspecified atom stereocenters. The molecule has 0 atom stereocenters. The summed E-state index contributed by atoms with van der Waals surface area (Å²) < 4.78 is 0. The molecule has 28 heavy (non-hydrogen) atoms. The fraction of sp³-hybridized carbons (Fsp3) is 0.136. The summed E-state index contributed by atoms with van der Waals surface area (Å²) in [5.41, 5.74) is 4.04. The number of amides is 2. The van der Waals surface area contributed by atoms with Gasteiger partial charge in [0.05, 0.1) is 0 Å². The van der Waals surface area contributed by atoms with Crippen LogP contribution in [0.5, 0.6) is 0 Å². The van der Waals surface area contributed by atoms with Gasteiger partial charge in [-0.25, -0.2) is 0 Å². The Bertz CT molecular complexity index is 980. The van der Waals surface area contributed by atoms with Crippen molar-refractivity contribution in [1.82, 2.24) is 4.98 Å². The molecule has 1 heterocycles. The predicted octanol–water partition coefficient (Wildman–Crippen LogP) is 3.96. The van der Waals surface area contributed by atoms with Crippen LogP contribution in [0, 0.1) is 6.92 Å². The largest absolute Gasteiger partial charge is 0.378 e. The Morgan fingerprint density at radius 3 is 2.00 bits per heavy atom. The number of nitrogens with one attached hydrogen (secondary N) is 2. The summed E-state index contributed by atoms with van der Waals surface area (Å²) in [6.45, 7) is 1.98. The van der Waals surface area contributed by atoms with E-state index in [1.165, 1.54) is 12.3 Å². The van der Waals surface area contributed by atoms with Gasteiger partial charge in [0.15, 0.2) is 0 Å². The van der Waals surface area contributed by atoms with Crippen LogP contribution in [-0.4, -0.2) is 30.9 Å². The quantitative estimate of drug-likeness (QED) is 0.709. The van der Waals surface area contributed by atoms with E-state index in [0.29, 0.717) is 16.9 Å². The van der Waals surface area contributed by atoms with E-state index in [0.717, 1.165) is 11.3 Å². The minimum Gasteiger partial charge on any atom is -0.378 e. The smallest absolute Gasteiger partial charge is 0.274 e. The molecule has 0 aliphatic heterocycles. The lowest BCUT2D eigenvalue weighted by molar-refractivity contribution is 0.102. The number of rotatable bonds is 5. The van der Waals surface area contributed by atoms with Crippen molar-refractivity contribution in [1.29, 1.82) is 0 Å². The molecule has 0 saturated carbocycles. The van der Waals surface area contributed by atoms with Crippen molar-refractivity contribution in [3.63, 3.8) is 0 Å². The Morgan fingerprint density at radius 2 is 1.39 bits per heavy atom. The van der Waals surface area contributed by atoms with E-state index in [9.17, 15) is 9.59 Å². The van der Waals surface area contributed by atoms with Crippen molar-refractivity contribution >= 4 is 28.9 Å². The molecule has 0 spiro atoms. The number of pyridine rings is 1. The Labute approximate surface area is 164 Å². The lowest BCUT2D eigenvalue weighted by atomic mass is 10.2. The highest BCUT2D eigenvalue weighted by Gasteiger charge is 2.12. The second-order valence-corrected chi connectivity index (χ2v) is 6.65. The standard InChI is InChI=1S/C22H22N4O2/c1-15-4-6-17(7-5-15)24-21(27)16-12-13-23-20(14-16)22(28)25-18-8-10-19(11-9-18)26(2)3/h4-14H,1-3H3,(H,24,27)(H,25,28). The van der Waals surface area contributed by atoms with Crippen molar-refractivity contribution in [2.24, 2.45) is 0 Å². The second-order valence-electron chi connectivity index (χ2n) is 6.65. The molecule has 0 aliphatic carbocycles. The van der Waals surface area contributed by atoms with E-state index in [1.807, 2.05) is 74.4 Å². The molecule has 2 N–H and O–H groups in total. The van der Waals surface area contributed by atoms with Crippen molar-refractivity contribution in [3.05, 3.63) is 83.7 Å². The van der Waals surface area contributed by atoms with Gasteiger partial charge in [-0.2, -0.15) is 0 Å². The maximum Gasteiger partial charge on any atom is 0.274 e. The zero-order valence-electron chi connectivity index (χ0n) is 16.1. The van der Waals surface area contributed by atoms with Gasteiger partial charge in [-0.05, 0) is 55.5 Å². The molecule has 1 aromatic heterocycles. The fourth-order valence-electron chi connectivity index (χ4n) is 2.57. The van der Waals surface area contributed by atoms with Gasteiger partial charge < -0.3 is 15.5 Å². The Balaban J connectivity index is 1.70. The first kappa shape index (κ1) is 19.1. The molecule has 0 bridgehead atoms. The molecular formula is C22H22N4O2. The number of hydrogen-bond acceptors (Lipinski definition) is 4. The van der Waals surface area contributed by atoms with Crippen molar-refractivity contribution in [2.45, 2.75) is 6.92 Å². The van der Waals surface area contributed by atoms with Gasteiger partial charge >= 0.3 is 0 Å². The van der Waals surface area contributed by atoms with Gasteiger partial charge in [0.1, 0.15) is 5.69 Å². The molecule has 3 rings (SSSR count). The number of carbonyl (C=O) groups excluding carboxylic acids is 2. The highest BCUT2D eigenvalue weighted by atomic mass is 16.2. The van der Waals surface area contributed by atoms with E-state index in [2.05, 4.69) is 15.6 Å². The highest BCUT2D eigenvalue weighted by molar-refractivity contribution is 6.07. The summed E-state index contributed by atoms with van der Waals surface area (Å²) in [5.74, 6) is -0.668. The molecule has 142 valence electrons. The van der Waals surface area contributed by atoms with Crippen molar-refractivity contribution < 1.29 is 9.59 Å². The van der Waals surface area contributed by atoms with Crippen LogP contribution < -0.4 is 15.5 Å². The molecule has 3 aromatic rings. The maximum absolute atomic E-state index is 12.5. The van der Waals surface area contributed by atoms with Gasteiger partial charge in [0.25, 0.3) is 11.8 Å². The second kappa shape index (κ2) is 8.35. The Morgan fingerprint density at radius 1 is 0.821 bits per heavy atom. The lowest BCUT2D eigenvalue weighted by Crippen LogP contribution is -2.17. The summed E-state index contributed by atoms with van der Waals surface area (Å²) in [6.07, 6.45) is 1.45. The monoisotopic (exact) mass is 374 g/mol. The van der Waals surface area contributed by atoms with Crippen LogP contribution in [-0.2, 0) is 0 Å². The van der Waals surface area contributed by atoms with E-state index < -0.39 is 0 Å². The first-order chi connectivity index (χ1) is 13.4. The molecule has 0 fully saturated rings. The molecule has 0 aliphatic rings. The van der Waals surface area contributed by atoms with Crippen LogP contribution in [0.25, 0.3) is 0 Å². The molecule has 2 aromatic carbocycles. The van der Waals surface area contributed by atoms with E-state index in [1.54, 1.807) is 6.07 Å². The number of anilines is 3. The molecule has 6 nitrogen and oxygen atoms in total. The third-order valence-corrected chi connectivity index (χ3v) is 4.21. The normalized spacial score (nSPS) is 10.2. The molecular weight excluding hydrogens is 352 g/mol. The minimum atomic E-state index is -0.373. The Hall–Kier alpha value is -3.67. The fourth-order valence-corrected chi connectivity index (χ4v) is 2.57. The van der Waals surface area contributed by atoms with Gasteiger partial charge in [0.2, 0.25) is 0 Å². The van der Waals surface area contributed by atoms with Crippen LogP contribution in [0.1, 0.15) is 26.4 Å². The van der Waals surface area contributed by atoms with Gasteiger partial charge in [-0.15, -0.1) is 0 Å². The molecule has 0 radical (unpaired) electrons. The zero-order chi connectivity index (χ0) is 20.1. The van der Waals surface area contributed by atoms with Crippen LogP contribution in [0.3, 0.4) is 0 Å². The van der Waals surface area contributed by atoms with Crippen LogP contribution in [0.4, 0.5) is 17.1 Å². The van der Waals surface area contributed by atoms with E-state index >= 15 is 0 Å². The number of carbonyl (C=O) groups is 2. The molecule has 0 saturated heterocycles. The van der Waals surface area contributed by atoms with E-state index in [-0.39, 0.29) is 17.5 Å². The van der Waals surface area contributed by atoms with Crippen LogP contribution >= 0.6 is 0 Å². The number of hydrogen-bond donors (Lipinski definition) is 2. The summed E-state index contributed by atoms with van der Waals surface area (Å²) >= 11 is 0. The van der Waals surface area contributed by atoms with E-state index in [4.69, 9.17) is 0 Å². The van der Waals surface area contributed by atoms with Crippen LogP contribution in [0.15, 0.2) is 66.9 Å². The zero-order valence-corrected chi connectivity index (χ0v) is 16.1. The lowest BCUT2D eigenvalue weighted by Gasteiger charge is -2.13. The molecule has 6 heteroatoms. The molecule has 2 amide bonds. The third kappa shape index (κ3) is 4.73. The topological polar surface area (TPSA) is 74.3 Å². The minimum absolute atomic E-state index is 0.174. The number of aromatic nitrogens is 1. The van der Waals surface area contributed by atoms with Crippen molar-refractivity contribution in [2.75, 3.05) is 29.6 Å². The predicted molar refractivity (Wildman–Crippen MR) is 112 cm³/mol. The Kier molecular flexibility index (Phi) is 5.69.